The summed E-state index contributed by atoms with van der Waals surface area (Å²) < 4.78 is 16.4. The summed E-state index contributed by atoms with van der Waals surface area (Å²) in [5.41, 5.74) is 1.27. The SMILES string of the molecule is COc1ccc(C(=O)OCc2ccccc2Oc2ccccc2)cc1. The van der Waals surface area contributed by atoms with E-state index >= 15 is 0 Å². The Labute approximate surface area is 146 Å². The van der Waals surface area contributed by atoms with Crippen LogP contribution in [-0.4, -0.2) is 13.1 Å². The molecule has 126 valence electrons. The van der Waals surface area contributed by atoms with Crippen LogP contribution < -0.4 is 9.47 Å². The van der Waals surface area contributed by atoms with Gasteiger partial charge in [-0.15, -0.1) is 0 Å². The fourth-order valence-electron chi connectivity index (χ4n) is 2.29. The lowest BCUT2D eigenvalue weighted by atomic mass is 10.2. The van der Waals surface area contributed by atoms with E-state index in [9.17, 15) is 4.79 Å². The van der Waals surface area contributed by atoms with Gasteiger partial charge in [-0.25, -0.2) is 4.79 Å². The van der Waals surface area contributed by atoms with Gasteiger partial charge in [-0.2, -0.15) is 0 Å². The zero-order valence-electron chi connectivity index (χ0n) is 13.8. The summed E-state index contributed by atoms with van der Waals surface area (Å²) >= 11 is 0. The second kappa shape index (κ2) is 8.02. The summed E-state index contributed by atoms with van der Waals surface area (Å²) in [4.78, 5) is 12.2. The van der Waals surface area contributed by atoms with E-state index in [4.69, 9.17) is 14.2 Å². The Balaban J connectivity index is 1.67. The van der Waals surface area contributed by atoms with Crippen molar-refractivity contribution in [3.8, 4) is 17.2 Å². The molecule has 0 bridgehead atoms. The quantitative estimate of drug-likeness (QED) is 0.605. The van der Waals surface area contributed by atoms with E-state index in [-0.39, 0.29) is 6.61 Å². The molecule has 0 aliphatic rings. The standard InChI is InChI=1S/C21H18O4/c1-23-18-13-11-16(12-14-18)21(22)24-15-17-7-5-6-10-20(17)25-19-8-3-2-4-9-19/h2-14H,15H2,1H3. The van der Waals surface area contributed by atoms with Crippen LogP contribution in [0.3, 0.4) is 0 Å². The second-order valence-corrected chi connectivity index (χ2v) is 5.33. The van der Waals surface area contributed by atoms with Crippen molar-refractivity contribution in [2.45, 2.75) is 6.61 Å². The molecule has 0 aliphatic carbocycles. The third kappa shape index (κ3) is 4.38. The molecule has 0 atom stereocenters. The Kier molecular flexibility index (Phi) is 5.32. The lowest BCUT2D eigenvalue weighted by molar-refractivity contribution is 0.0470. The number of benzene rings is 3. The van der Waals surface area contributed by atoms with Crippen LogP contribution in [0.25, 0.3) is 0 Å². The molecule has 4 nitrogen and oxygen atoms in total. The molecule has 0 unspecified atom stereocenters. The zero-order chi connectivity index (χ0) is 17.5. The van der Waals surface area contributed by atoms with Crippen LogP contribution in [0.5, 0.6) is 17.2 Å². The maximum Gasteiger partial charge on any atom is 0.338 e. The van der Waals surface area contributed by atoms with Crippen LogP contribution in [0, 0.1) is 0 Å². The first-order valence-electron chi connectivity index (χ1n) is 7.88. The van der Waals surface area contributed by atoms with E-state index < -0.39 is 5.97 Å². The van der Waals surface area contributed by atoms with Crippen molar-refractivity contribution in [1.82, 2.24) is 0 Å². The number of rotatable bonds is 6. The molecule has 25 heavy (non-hydrogen) atoms. The van der Waals surface area contributed by atoms with Crippen molar-refractivity contribution < 1.29 is 19.0 Å². The van der Waals surface area contributed by atoms with Gasteiger partial charge in [0.05, 0.1) is 12.7 Å². The normalized spacial score (nSPS) is 10.1. The number of ether oxygens (including phenoxy) is 3. The van der Waals surface area contributed by atoms with Crippen LogP contribution in [0.15, 0.2) is 78.9 Å². The summed E-state index contributed by atoms with van der Waals surface area (Å²) in [7, 11) is 1.58. The van der Waals surface area contributed by atoms with Gasteiger partial charge in [-0.3, -0.25) is 0 Å². The third-order valence-corrected chi connectivity index (χ3v) is 3.63. The van der Waals surface area contributed by atoms with Crippen LogP contribution in [0.4, 0.5) is 0 Å². The predicted octanol–water partition coefficient (Wildman–Crippen LogP) is 4.84. The number of carbonyl (C=O) groups excluding carboxylic acids is 1. The molecule has 0 spiro atoms. The number of carbonyl (C=O) groups is 1. The molecular weight excluding hydrogens is 316 g/mol. The summed E-state index contributed by atoms with van der Waals surface area (Å²) in [6.07, 6.45) is 0. The minimum absolute atomic E-state index is 0.133. The summed E-state index contributed by atoms with van der Waals surface area (Å²) in [6, 6.07) is 23.8. The van der Waals surface area contributed by atoms with E-state index in [1.165, 1.54) is 0 Å². The van der Waals surface area contributed by atoms with Crippen molar-refractivity contribution in [1.29, 1.82) is 0 Å². The highest BCUT2D eigenvalue weighted by Crippen LogP contribution is 2.25. The molecule has 0 N–H and O–H groups in total. The van der Waals surface area contributed by atoms with Gasteiger partial charge in [-0.05, 0) is 42.5 Å². The van der Waals surface area contributed by atoms with Gasteiger partial charge >= 0.3 is 5.97 Å². The lowest BCUT2D eigenvalue weighted by Crippen LogP contribution is -2.06. The predicted molar refractivity (Wildman–Crippen MR) is 95.1 cm³/mol. The number of para-hydroxylation sites is 2. The monoisotopic (exact) mass is 334 g/mol. The summed E-state index contributed by atoms with van der Waals surface area (Å²) in [5.74, 6) is 1.70. The van der Waals surface area contributed by atoms with E-state index in [1.54, 1.807) is 31.4 Å². The minimum atomic E-state index is -0.392. The van der Waals surface area contributed by atoms with Crippen molar-refractivity contribution in [3.63, 3.8) is 0 Å². The van der Waals surface area contributed by atoms with Crippen molar-refractivity contribution in [2.75, 3.05) is 7.11 Å². The fourth-order valence-corrected chi connectivity index (χ4v) is 2.29. The van der Waals surface area contributed by atoms with Gasteiger partial charge in [0.15, 0.2) is 0 Å². The molecule has 0 aliphatic heterocycles. The van der Waals surface area contributed by atoms with Crippen LogP contribution in [-0.2, 0) is 11.3 Å². The highest BCUT2D eigenvalue weighted by molar-refractivity contribution is 5.89. The Morgan fingerprint density at radius 1 is 0.800 bits per heavy atom. The number of hydrogen-bond donors (Lipinski definition) is 0. The number of esters is 1. The molecule has 0 saturated carbocycles. The third-order valence-electron chi connectivity index (χ3n) is 3.63. The molecule has 3 aromatic rings. The summed E-state index contributed by atoms with van der Waals surface area (Å²) in [6.45, 7) is 0.133. The maximum atomic E-state index is 12.2. The molecule has 0 fully saturated rings. The lowest BCUT2D eigenvalue weighted by Gasteiger charge is -2.11. The van der Waals surface area contributed by atoms with Gasteiger partial charge in [0.25, 0.3) is 0 Å². The Bertz CT molecular complexity index is 826. The molecule has 0 heterocycles. The Hall–Kier alpha value is -3.27. The molecule has 0 saturated heterocycles. The highest BCUT2D eigenvalue weighted by atomic mass is 16.5. The molecule has 3 aromatic carbocycles. The smallest absolute Gasteiger partial charge is 0.338 e. The Morgan fingerprint density at radius 3 is 2.20 bits per heavy atom. The first-order valence-corrected chi connectivity index (χ1v) is 7.88. The zero-order valence-corrected chi connectivity index (χ0v) is 13.8. The van der Waals surface area contributed by atoms with E-state index in [0.717, 1.165) is 11.3 Å². The van der Waals surface area contributed by atoms with E-state index in [2.05, 4.69) is 0 Å². The molecule has 0 aromatic heterocycles. The van der Waals surface area contributed by atoms with Crippen LogP contribution in [0.1, 0.15) is 15.9 Å². The Morgan fingerprint density at radius 2 is 1.48 bits per heavy atom. The second-order valence-electron chi connectivity index (χ2n) is 5.33. The molecular formula is C21H18O4. The van der Waals surface area contributed by atoms with Crippen molar-refractivity contribution in [3.05, 3.63) is 90.0 Å². The topological polar surface area (TPSA) is 44.8 Å². The van der Waals surface area contributed by atoms with Gasteiger partial charge in [-0.1, -0.05) is 36.4 Å². The van der Waals surface area contributed by atoms with Gasteiger partial charge in [0.1, 0.15) is 23.9 Å². The van der Waals surface area contributed by atoms with Crippen molar-refractivity contribution in [2.24, 2.45) is 0 Å². The maximum absolute atomic E-state index is 12.2. The molecule has 3 rings (SSSR count). The molecule has 4 heteroatoms. The first kappa shape index (κ1) is 16.6. The summed E-state index contributed by atoms with van der Waals surface area (Å²) in [5, 5.41) is 0. The molecule has 0 radical (unpaired) electrons. The average Bonchev–Trinajstić information content (AvgIpc) is 2.68. The van der Waals surface area contributed by atoms with Crippen LogP contribution >= 0.6 is 0 Å². The van der Waals surface area contributed by atoms with Gasteiger partial charge in [0.2, 0.25) is 0 Å². The van der Waals surface area contributed by atoms with Gasteiger partial charge < -0.3 is 14.2 Å². The fraction of sp³-hybridized carbons (Fsp3) is 0.0952. The largest absolute Gasteiger partial charge is 0.497 e. The van der Waals surface area contributed by atoms with Gasteiger partial charge in [0, 0.05) is 5.56 Å². The molecule has 0 amide bonds. The van der Waals surface area contributed by atoms with Crippen LogP contribution in [0.2, 0.25) is 0 Å². The highest BCUT2D eigenvalue weighted by Gasteiger charge is 2.10. The average molecular weight is 334 g/mol. The van der Waals surface area contributed by atoms with E-state index in [0.29, 0.717) is 17.1 Å². The number of hydrogen-bond acceptors (Lipinski definition) is 4. The minimum Gasteiger partial charge on any atom is -0.497 e. The van der Waals surface area contributed by atoms with Crippen molar-refractivity contribution >= 4 is 5.97 Å². The first-order chi connectivity index (χ1) is 12.3. The van der Waals surface area contributed by atoms with E-state index in [1.807, 2.05) is 54.6 Å². The number of methoxy groups -OCH3 is 1.